The molecule has 214 valence electrons. The molecule has 3 aromatic heterocycles. The van der Waals surface area contributed by atoms with Gasteiger partial charge in [-0.15, -0.1) is 0 Å². The topological polar surface area (TPSA) is 112 Å². The molecule has 0 aliphatic heterocycles. The number of aryl methyl sites for hydroxylation is 1. The molecule has 1 amide bonds. The van der Waals surface area contributed by atoms with Gasteiger partial charge in [-0.25, -0.2) is 9.97 Å². The average molecular weight is 562 g/mol. The highest BCUT2D eigenvalue weighted by atomic mass is 16.1. The Balaban J connectivity index is 1.34. The standard InChI is InChI=1S/C32H35N9O/c1-23-21-41-22-28(14-15-29(41)35-23)38-32-34-20-25(19-33-18-24-9-5-4-6-10-24)31(39-32)37-27-12-7-11-26(17-27)36-30(42)13-8-16-40(2)3/h4-15,17,20-22,33H,16,18-19H2,1-3H3,(H,36,42)(H2,34,37,38,39)/b13-8+. The Morgan fingerprint density at radius 3 is 2.57 bits per heavy atom. The highest BCUT2D eigenvalue weighted by molar-refractivity contribution is 5.99. The SMILES string of the molecule is Cc1cn2cc(Nc3ncc(CNCc4ccccc4)c(Nc4cccc(NC(=O)/C=C/CN(C)C)c4)n3)ccc2n1. The molecule has 3 heterocycles. The quantitative estimate of drug-likeness (QED) is 0.153. The lowest BCUT2D eigenvalue weighted by atomic mass is 10.2. The fourth-order valence-corrected chi connectivity index (χ4v) is 4.33. The molecule has 0 atom stereocenters. The fourth-order valence-electron chi connectivity index (χ4n) is 4.33. The number of rotatable bonds is 12. The van der Waals surface area contributed by atoms with E-state index in [4.69, 9.17) is 4.98 Å². The summed E-state index contributed by atoms with van der Waals surface area (Å²) >= 11 is 0. The van der Waals surface area contributed by atoms with E-state index in [1.807, 2.05) is 110 Å². The van der Waals surface area contributed by atoms with Gasteiger partial charge >= 0.3 is 0 Å². The van der Waals surface area contributed by atoms with Gasteiger partial charge in [-0.2, -0.15) is 4.98 Å². The van der Waals surface area contributed by atoms with Crippen molar-refractivity contribution < 1.29 is 4.79 Å². The molecule has 0 spiro atoms. The van der Waals surface area contributed by atoms with Gasteiger partial charge in [-0.3, -0.25) is 4.79 Å². The van der Waals surface area contributed by atoms with Crippen molar-refractivity contribution in [2.45, 2.75) is 20.0 Å². The van der Waals surface area contributed by atoms with Crippen LogP contribution in [0, 0.1) is 6.92 Å². The summed E-state index contributed by atoms with van der Waals surface area (Å²) in [6.45, 7) is 3.93. The molecule has 0 aliphatic carbocycles. The third-order valence-corrected chi connectivity index (χ3v) is 6.31. The van der Waals surface area contributed by atoms with Gasteiger partial charge < -0.3 is 30.6 Å². The number of benzene rings is 2. The van der Waals surface area contributed by atoms with Crippen LogP contribution in [0.5, 0.6) is 0 Å². The second-order valence-corrected chi connectivity index (χ2v) is 10.2. The predicted octanol–water partition coefficient (Wildman–Crippen LogP) is 5.27. The zero-order valence-corrected chi connectivity index (χ0v) is 24.0. The molecule has 5 aromatic rings. The molecule has 10 heteroatoms. The maximum Gasteiger partial charge on any atom is 0.248 e. The summed E-state index contributed by atoms with van der Waals surface area (Å²) in [4.78, 5) is 28.3. The van der Waals surface area contributed by atoms with Gasteiger partial charge in [0.15, 0.2) is 0 Å². The number of nitrogens with zero attached hydrogens (tertiary/aromatic N) is 5. The van der Waals surface area contributed by atoms with Gasteiger partial charge in [0.1, 0.15) is 11.5 Å². The third kappa shape index (κ3) is 8.00. The maximum atomic E-state index is 12.4. The molecule has 0 bridgehead atoms. The summed E-state index contributed by atoms with van der Waals surface area (Å²) in [7, 11) is 3.91. The molecule has 0 saturated carbocycles. The zero-order valence-electron chi connectivity index (χ0n) is 24.0. The van der Waals surface area contributed by atoms with Crippen LogP contribution in [0.4, 0.5) is 28.8 Å². The van der Waals surface area contributed by atoms with Crippen molar-refractivity contribution in [3.63, 3.8) is 0 Å². The van der Waals surface area contributed by atoms with Crippen molar-refractivity contribution in [3.8, 4) is 0 Å². The first kappa shape index (κ1) is 28.5. The Morgan fingerprint density at radius 2 is 1.74 bits per heavy atom. The van der Waals surface area contributed by atoms with E-state index in [0.717, 1.165) is 28.3 Å². The van der Waals surface area contributed by atoms with E-state index in [2.05, 4.69) is 43.4 Å². The number of anilines is 5. The molecule has 2 aromatic carbocycles. The number of imidazole rings is 1. The lowest BCUT2D eigenvalue weighted by molar-refractivity contribution is -0.111. The Hall–Kier alpha value is -5.06. The average Bonchev–Trinajstić information content (AvgIpc) is 3.34. The number of pyridine rings is 1. The Kier molecular flexibility index (Phi) is 9.17. The largest absolute Gasteiger partial charge is 0.340 e. The van der Waals surface area contributed by atoms with Crippen molar-refractivity contribution in [2.24, 2.45) is 0 Å². The lowest BCUT2D eigenvalue weighted by Crippen LogP contribution is -2.15. The van der Waals surface area contributed by atoms with Crippen LogP contribution in [0.3, 0.4) is 0 Å². The summed E-state index contributed by atoms with van der Waals surface area (Å²) in [5.74, 6) is 0.927. The summed E-state index contributed by atoms with van der Waals surface area (Å²) in [6, 6.07) is 21.7. The monoisotopic (exact) mass is 561 g/mol. The maximum absolute atomic E-state index is 12.4. The van der Waals surface area contributed by atoms with Crippen LogP contribution in [0.15, 0.2) is 97.5 Å². The number of fused-ring (bicyclic) bond motifs is 1. The van der Waals surface area contributed by atoms with Crippen molar-refractivity contribution in [1.29, 1.82) is 0 Å². The van der Waals surface area contributed by atoms with Crippen LogP contribution < -0.4 is 21.3 Å². The number of hydrogen-bond acceptors (Lipinski definition) is 8. The molecule has 10 nitrogen and oxygen atoms in total. The van der Waals surface area contributed by atoms with Crippen LogP contribution >= 0.6 is 0 Å². The van der Waals surface area contributed by atoms with Gasteiger partial charge in [0, 0.05) is 61.2 Å². The minimum atomic E-state index is -0.182. The van der Waals surface area contributed by atoms with Crippen molar-refractivity contribution in [1.82, 2.24) is 29.6 Å². The summed E-state index contributed by atoms with van der Waals surface area (Å²) in [5, 5.41) is 13.1. The predicted molar refractivity (Wildman–Crippen MR) is 168 cm³/mol. The first-order valence-electron chi connectivity index (χ1n) is 13.7. The van der Waals surface area contributed by atoms with Crippen LogP contribution in [0.1, 0.15) is 16.8 Å². The molecule has 0 radical (unpaired) electrons. The Bertz CT molecular complexity index is 1680. The minimum Gasteiger partial charge on any atom is -0.340 e. The molecule has 0 saturated heterocycles. The van der Waals surface area contributed by atoms with E-state index in [9.17, 15) is 4.79 Å². The second-order valence-electron chi connectivity index (χ2n) is 10.2. The van der Waals surface area contributed by atoms with Crippen molar-refractivity contribution in [3.05, 3.63) is 114 Å². The summed E-state index contributed by atoms with van der Waals surface area (Å²) < 4.78 is 1.97. The van der Waals surface area contributed by atoms with E-state index < -0.39 is 0 Å². The van der Waals surface area contributed by atoms with Gasteiger partial charge in [0.2, 0.25) is 11.9 Å². The van der Waals surface area contributed by atoms with E-state index in [0.29, 0.717) is 37.1 Å². The number of nitrogens with one attached hydrogen (secondary N) is 4. The first-order chi connectivity index (χ1) is 20.4. The van der Waals surface area contributed by atoms with Crippen LogP contribution in [0.25, 0.3) is 5.65 Å². The number of hydrogen-bond donors (Lipinski definition) is 4. The molecule has 0 unspecified atom stereocenters. The Labute approximate surface area is 245 Å². The number of carbonyl (C=O) groups is 1. The van der Waals surface area contributed by atoms with Gasteiger partial charge in [0.05, 0.1) is 11.4 Å². The van der Waals surface area contributed by atoms with Crippen molar-refractivity contribution in [2.75, 3.05) is 36.6 Å². The number of aromatic nitrogens is 4. The highest BCUT2D eigenvalue weighted by Crippen LogP contribution is 2.24. The lowest BCUT2D eigenvalue weighted by Gasteiger charge is -2.15. The van der Waals surface area contributed by atoms with Crippen molar-refractivity contribution >= 4 is 40.4 Å². The summed E-state index contributed by atoms with van der Waals surface area (Å²) in [6.07, 6.45) is 9.12. The Morgan fingerprint density at radius 1 is 0.905 bits per heavy atom. The van der Waals surface area contributed by atoms with Gasteiger partial charge in [0.25, 0.3) is 0 Å². The van der Waals surface area contributed by atoms with E-state index in [1.165, 1.54) is 5.56 Å². The van der Waals surface area contributed by atoms with Gasteiger partial charge in [-0.05, 0) is 56.9 Å². The summed E-state index contributed by atoms with van der Waals surface area (Å²) in [5.41, 5.74) is 6.23. The smallest absolute Gasteiger partial charge is 0.248 e. The fraction of sp³-hybridized carbons (Fsp3) is 0.188. The molecular weight excluding hydrogens is 526 g/mol. The van der Waals surface area contributed by atoms with E-state index in [1.54, 1.807) is 6.08 Å². The molecule has 0 fully saturated rings. The van der Waals surface area contributed by atoms with Gasteiger partial charge in [-0.1, -0.05) is 42.5 Å². The molecular formula is C32H35N9O. The molecule has 42 heavy (non-hydrogen) atoms. The van der Waals surface area contributed by atoms with E-state index in [-0.39, 0.29) is 5.91 Å². The molecule has 0 aliphatic rings. The number of likely N-dealkylation sites (N-methyl/N-ethyl adjacent to an activating group) is 1. The number of amides is 1. The normalized spacial score (nSPS) is 11.3. The van der Waals surface area contributed by atoms with Crippen LogP contribution in [-0.2, 0) is 17.9 Å². The first-order valence-corrected chi connectivity index (χ1v) is 13.7. The number of carbonyl (C=O) groups excluding carboxylic acids is 1. The van der Waals surface area contributed by atoms with Crippen LogP contribution in [-0.4, -0.2) is 50.8 Å². The second kappa shape index (κ2) is 13.5. The third-order valence-electron chi connectivity index (χ3n) is 6.31. The zero-order chi connectivity index (χ0) is 29.3. The minimum absolute atomic E-state index is 0.182. The highest BCUT2D eigenvalue weighted by Gasteiger charge is 2.10. The van der Waals surface area contributed by atoms with E-state index >= 15 is 0 Å². The molecule has 5 rings (SSSR count). The van der Waals surface area contributed by atoms with Crippen LogP contribution in [0.2, 0.25) is 0 Å². The molecule has 4 N–H and O–H groups in total.